The number of anilines is 1. The van der Waals surface area contributed by atoms with E-state index in [2.05, 4.69) is 15.6 Å². The molecule has 2 aromatic rings. The minimum Gasteiger partial charge on any atom is -0.484 e. The standard InChI is InChI=1S/C16H17N3O3S/c20-14(19-16-18-13(10-23-16)11-6-7-11)8-17-15(21)9-22-12-4-2-1-3-5-12/h1-5,10-11H,6-9H2,(H,17,21)(H,18,19,20). The summed E-state index contributed by atoms with van der Waals surface area (Å²) in [5, 5.41) is 7.75. The van der Waals surface area contributed by atoms with Gasteiger partial charge in [-0.05, 0) is 25.0 Å². The number of ether oxygens (including phenoxy) is 1. The topological polar surface area (TPSA) is 80.3 Å². The molecular weight excluding hydrogens is 314 g/mol. The number of nitrogens with zero attached hydrogens (tertiary/aromatic N) is 1. The number of carbonyl (C=O) groups excluding carboxylic acids is 2. The van der Waals surface area contributed by atoms with Crippen molar-refractivity contribution < 1.29 is 14.3 Å². The lowest BCUT2D eigenvalue weighted by Crippen LogP contribution is -2.35. The van der Waals surface area contributed by atoms with Gasteiger partial charge in [0.1, 0.15) is 5.75 Å². The molecule has 3 rings (SSSR count). The summed E-state index contributed by atoms with van der Waals surface area (Å²) >= 11 is 1.41. The van der Waals surface area contributed by atoms with Gasteiger partial charge in [0.25, 0.3) is 5.91 Å². The second-order valence-corrected chi connectivity index (χ2v) is 6.14. The van der Waals surface area contributed by atoms with Crippen molar-refractivity contribution in [3.8, 4) is 5.75 Å². The van der Waals surface area contributed by atoms with Crippen molar-refractivity contribution in [3.63, 3.8) is 0 Å². The molecule has 1 fully saturated rings. The lowest BCUT2D eigenvalue weighted by atomic mass is 10.3. The number of thiazole rings is 1. The Morgan fingerprint density at radius 1 is 1.22 bits per heavy atom. The molecule has 120 valence electrons. The van der Waals surface area contributed by atoms with E-state index in [1.807, 2.05) is 23.6 Å². The van der Waals surface area contributed by atoms with Crippen LogP contribution in [0.3, 0.4) is 0 Å². The van der Waals surface area contributed by atoms with Crippen LogP contribution in [0.5, 0.6) is 5.75 Å². The van der Waals surface area contributed by atoms with Crippen molar-refractivity contribution in [1.82, 2.24) is 10.3 Å². The van der Waals surface area contributed by atoms with Crippen molar-refractivity contribution >= 4 is 28.3 Å². The van der Waals surface area contributed by atoms with Gasteiger partial charge in [-0.2, -0.15) is 0 Å². The van der Waals surface area contributed by atoms with E-state index in [4.69, 9.17) is 4.74 Å². The van der Waals surface area contributed by atoms with Gasteiger partial charge in [0, 0.05) is 11.3 Å². The predicted molar refractivity (Wildman–Crippen MR) is 87.7 cm³/mol. The molecule has 7 heteroatoms. The van der Waals surface area contributed by atoms with Crippen molar-refractivity contribution in [2.24, 2.45) is 0 Å². The predicted octanol–water partition coefficient (Wildman–Crippen LogP) is 2.15. The Balaban J connectivity index is 1.37. The van der Waals surface area contributed by atoms with E-state index in [9.17, 15) is 9.59 Å². The van der Waals surface area contributed by atoms with Crippen LogP contribution in [0.2, 0.25) is 0 Å². The molecular formula is C16H17N3O3S. The molecule has 23 heavy (non-hydrogen) atoms. The van der Waals surface area contributed by atoms with Crippen LogP contribution in [0, 0.1) is 0 Å². The summed E-state index contributed by atoms with van der Waals surface area (Å²) in [5.74, 6) is 0.533. The largest absolute Gasteiger partial charge is 0.484 e. The lowest BCUT2D eigenvalue weighted by molar-refractivity contribution is -0.125. The molecule has 0 unspecified atom stereocenters. The maximum atomic E-state index is 11.8. The zero-order valence-electron chi connectivity index (χ0n) is 12.5. The molecule has 0 aliphatic heterocycles. The third kappa shape index (κ3) is 4.79. The zero-order valence-corrected chi connectivity index (χ0v) is 13.3. The van der Waals surface area contributed by atoms with Crippen molar-refractivity contribution in [2.45, 2.75) is 18.8 Å². The van der Waals surface area contributed by atoms with E-state index >= 15 is 0 Å². The fourth-order valence-electron chi connectivity index (χ4n) is 1.97. The maximum absolute atomic E-state index is 11.8. The van der Waals surface area contributed by atoms with Gasteiger partial charge < -0.3 is 15.4 Å². The zero-order chi connectivity index (χ0) is 16.1. The third-order valence-electron chi connectivity index (χ3n) is 3.32. The second kappa shape index (κ2) is 7.23. The molecule has 1 aliphatic carbocycles. The molecule has 0 spiro atoms. The number of para-hydroxylation sites is 1. The molecule has 0 radical (unpaired) electrons. The number of benzene rings is 1. The molecule has 1 aliphatic rings. The highest BCUT2D eigenvalue weighted by molar-refractivity contribution is 7.13. The number of hydrogen-bond acceptors (Lipinski definition) is 5. The highest BCUT2D eigenvalue weighted by atomic mass is 32.1. The fourth-order valence-corrected chi connectivity index (χ4v) is 2.78. The van der Waals surface area contributed by atoms with Crippen molar-refractivity contribution in [2.75, 3.05) is 18.5 Å². The first-order valence-electron chi connectivity index (χ1n) is 7.40. The van der Waals surface area contributed by atoms with E-state index in [0.717, 1.165) is 5.69 Å². The van der Waals surface area contributed by atoms with Gasteiger partial charge >= 0.3 is 0 Å². The molecule has 0 saturated heterocycles. The third-order valence-corrected chi connectivity index (χ3v) is 4.10. The lowest BCUT2D eigenvalue weighted by Gasteiger charge is -2.07. The summed E-state index contributed by atoms with van der Waals surface area (Å²) < 4.78 is 5.30. The summed E-state index contributed by atoms with van der Waals surface area (Å²) in [6.07, 6.45) is 2.35. The monoisotopic (exact) mass is 331 g/mol. The summed E-state index contributed by atoms with van der Waals surface area (Å²) in [5.41, 5.74) is 1.05. The first-order valence-corrected chi connectivity index (χ1v) is 8.28. The second-order valence-electron chi connectivity index (χ2n) is 5.28. The van der Waals surface area contributed by atoms with Crippen LogP contribution in [0.15, 0.2) is 35.7 Å². The van der Waals surface area contributed by atoms with Gasteiger partial charge in [-0.3, -0.25) is 9.59 Å². The summed E-state index contributed by atoms with van der Waals surface area (Å²) in [6.45, 7) is -0.226. The molecule has 1 saturated carbocycles. The van der Waals surface area contributed by atoms with Crippen LogP contribution in [0.4, 0.5) is 5.13 Å². The van der Waals surface area contributed by atoms with Crippen LogP contribution in [-0.2, 0) is 9.59 Å². The van der Waals surface area contributed by atoms with E-state index in [1.165, 1.54) is 24.2 Å². The molecule has 2 N–H and O–H groups in total. The minimum atomic E-state index is -0.346. The number of rotatable bonds is 7. The Hall–Kier alpha value is -2.41. The average Bonchev–Trinajstić information content (AvgIpc) is 3.32. The van der Waals surface area contributed by atoms with Gasteiger partial charge in [-0.15, -0.1) is 11.3 Å². The van der Waals surface area contributed by atoms with Crippen LogP contribution in [-0.4, -0.2) is 29.9 Å². The van der Waals surface area contributed by atoms with Gasteiger partial charge in [-0.1, -0.05) is 18.2 Å². The summed E-state index contributed by atoms with van der Waals surface area (Å²) in [7, 11) is 0. The van der Waals surface area contributed by atoms with E-state index in [1.54, 1.807) is 12.1 Å². The quantitative estimate of drug-likeness (QED) is 0.815. The SMILES string of the molecule is O=C(COc1ccccc1)NCC(=O)Nc1nc(C2CC2)cs1. The fraction of sp³-hybridized carbons (Fsp3) is 0.312. The molecule has 0 atom stereocenters. The maximum Gasteiger partial charge on any atom is 0.258 e. The Bertz CT molecular complexity index is 683. The molecule has 1 heterocycles. The minimum absolute atomic E-state index is 0.102. The number of nitrogens with one attached hydrogen (secondary N) is 2. The normalized spacial score (nSPS) is 13.4. The van der Waals surface area contributed by atoms with Crippen molar-refractivity contribution in [3.05, 3.63) is 41.4 Å². The Kier molecular flexibility index (Phi) is 4.87. The highest BCUT2D eigenvalue weighted by Gasteiger charge is 2.26. The van der Waals surface area contributed by atoms with Gasteiger partial charge in [0.05, 0.1) is 12.2 Å². The molecule has 1 aromatic heterocycles. The van der Waals surface area contributed by atoms with Crippen LogP contribution < -0.4 is 15.4 Å². The first-order chi connectivity index (χ1) is 11.2. The first kappa shape index (κ1) is 15.5. The van der Waals surface area contributed by atoms with E-state index in [-0.39, 0.29) is 25.0 Å². The Morgan fingerprint density at radius 2 is 2.00 bits per heavy atom. The number of hydrogen-bond donors (Lipinski definition) is 2. The molecule has 6 nitrogen and oxygen atoms in total. The van der Waals surface area contributed by atoms with Crippen LogP contribution >= 0.6 is 11.3 Å². The number of aromatic nitrogens is 1. The summed E-state index contributed by atoms with van der Waals surface area (Å²) in [6, 6.07) is 9.04. The Morgan fingerprint density at radius 3 is 2.74 bits per heavy atom. The van der Waals surface area contributed by atoms with Gasteiger partial charge in [-0.25, -0.2) is 4.98 Å². The molecule has 1 aromatic carbocycles. The number of carbonyl (C=O) groups is 2. The smallest absolute Gasteiger partial charge is 0.258 e. The van der Waals surface area contributed by atoms with Crippen molar-refractivity contribution in [1.29, 1.82) is 0 Å². The number of amides is 2. The highest BCUT2D eigenvalue weighted by Crippen LogP contribution is 2.40. The average molecular weight is 331 g/mol. The van der Waals surface area contributed by atoms with Crippen LogP contribution in [0.25, 0.3) is 0 Å². The van der Waals surface area contributed by atoms with E-state index in [0.29, 0.717) is 16.8 Å². The van der Waals surface area contributed by atoms with Gasteiger partial charge in [0.2, 0.25) is 5.91 Å². The van der Waals surface area contributed by atoms with E-state index < -0.39 is 0 Å². The molecule has 0 bridgehead atoms. The summed E-state index contributed by atoms with van der Waals surface area (Å²) in [4.78, 5) is 27.8. The van der Waals surface area contributed by atoms with Gasteiger partial charge in [0.15, 0.2) is 11.7 Å². The van der Waals surface area contributed by atoms with Crippen LogP contribution in [0.1, 0.15) is 24.5 Å². The molecule has 2 amide bonds. The Labute approximate surface area is 137 Å².